The highest BCUT2D eigenvalue weighted by molar-refractivity contribution is 5.64. The lowest BCUT2D eigenvalue weighted by molar-refractivity contribution is 0.151. The van der Waals surface area contributed by atoms with Gasteiger partial charge in [0.25, 0.3) is 0 Å². The van der Waals surface area contributed by atoms with Crippen molar-refractivity contribution in [3.05, 3.63) is 0 Å². The molecule has 0 radical (unpaired) electrons. The van der Waals surface area contributed by atoms with Gasteiger partial charge in [-0.2, -0.15) is 0 Å². The Kier molecular flexibility index (Phi) is 4.65. The summed E-state index contributed by atoms with van der Waals surface area (Å²) < 4.78 is 4.67. The minimum atomic E-state index is -0.649. The molecule has 0 unspecified atom stereocenters. The van der Waals surface area contributed by atoms with E-state index in [0.717, 1.165) is 12.3 Å². The van der Waals surface area contributed by atoms with Crippen LogP contribution in [0.2, 0.25) is 0 Å². The fraction of sp³-hybridized carbons (Fsp3) is 0.900. The largest absolute Gasteiger partial charge is 0.450 e. The van der Waals surface area contributed by atoms with Crippen LogP contribution in [0.1, 0.15) is 44.9 Å². The molecule has 0 aliphatic heterocycles. The van der Waals surface area contributed by atoms with Gasteiger partial charge >= 0.3 is 6.09 Å². The number of primary amides is 1. The van der Waals surface area contributed by atoms with Gasteiger partial charge in [0.2, 0.25) is 0 Å². The Morgan fingerprint density at radius 3 is 2.62 bits per heavy atom. The molecular formula is C10H19NO2. The maximum atomic E-state index is 10.3. The molecule has 1 aliphatic carbocycles. The standard InChI is InChI=1S/C10H19NO2/c11-10(12)13-8-4-7-9-5-2-1-3-6-9/h9H,1-8H2,(H2,11,12). The molecule has 1 amide bonds. The van der Waals surface area contributed by atoms with Gasteiger partial charge in [0.15, 0.2) is 0 Å². The van der Waals surface area contributed by atoms with E-state index in [1.807, 2.05) is 0 Å². The molecule has 1 fully saturated rings. The summed E-state index contributed by atoms with van der Waals surface area (Å²) >= 11 is 0. The van der Waals surface area contributed by atoms with Gasteiger partial charge in [-0.05, 0) is 18.8 Å². The summed E-state index contributed by atoms with van der Waals surface area (Å²) in [6, 6.07) is 0. The van der Waals surface area contributed by atoms with Crippen LogP contribution >= 0.6 is 0 Å². The van der Waals surface area contributed by atoms with Crippen LogP contribution in [0.25, 0.3) is 0 Å². The Morgan fingerprint density at radius 1 is 1.31 bits per heavy atom. The number of hydrogen-bond acceptors (Lipinski definition) is 2. The highest BCUT2D eigenvalue weighted by atomic mass is 16.5. The van der Waals surface area contributed by atoms with Crippen LogP contribution < -0.4 is 5.73 Å². The zero-order chi connectivity index (χ0) is 9.52. The first kappa shape index (κ1) is 10.4. The maximum Gasteiger partial charge on any atom is 0.404 e. The van der Waals surface area contributed by atoms with Crippen molar-refractivity contribution in [1.82, 2.24) is 0 Å². The molecule has 0 saturated heterocycles. The lowest BCUT2D eigenvalue weighted by Gasteiger charge is -2.20. The van der Waals surface area contributed by atoms with Crippen LogP contribution in [-0.4, -0.2) is 12.7 Å². The van der Waals surface area contributed by atoms with Crippen molar-refractivity contribution in [2.24, 2.45) is 11.7 Å². The molecule has 0 heterocycles. The van der Waals surface area contributed by atoms with Gasteiger partial charge in [0, 0.05) is 0 Å². The molecule has 0 aromatic heterocycles. The van der Waals surface area contributed by atoms with Crippen LogP contribution in [0, 0.1) is 5.92 Å². The van der Waals surface area contributed by atoms with Gasteiger partial charge in [0.1, 0.15) is 0 Å². The van der Waals surface area contributed by atoms with Crippen LogP contribution in [0.3, 0.4) is 0 Å². The van der Waals surface area contributed by atoms with Crippen molar-refractivity contribution >= 4 is 6.09 Å². The van der Waals surface area contributed by atoms with Crippen LogP contribution in [-0.2, 0) is 4.74 Å². The molecule has 0 bridgehead atoms. The lowest BCUT2D eigenvalue weighted by atomic mass is 9.86. The quantitative estimate of drug-likeness (QED) is 0.684. The lowest BCUT2D eigenvalue weighted by Crippen LogP contribution is -2.14. The summed E-state index contributed by atoms with van der Waals surface area (Å²) in [5.41, 5.74) is 4.85. The molecule has 0 spiro atoms. The average molecular weight is 185 g/mol. The van der Waals surface area contributed by atoms with Crippen molar-refractivity contribution in [1.29, 1.82) is 0 Å². The molecule has 3 heteroatoms. The molecule has 0 aromatic carbocycles. The number of ether oxygens (including phenoxy) is 1. The summed E-state index contributed by atoms with van der Waals surface area (Å²) in [4.78, 5) is 10.3. The minimum Gasteiger partial charge on any atom is -0.450 e. The van der Waals surface area contributed by atoms with Crippen LogP contribution in [0.4, 0.5) is 4.79 Å². The van der Waals surface area contributed by atoms with E-state index in [1.54, 1.807) is 0 Å². The molecule has 1 aliphatic rings. The van der Waals surface area contributed by atoms with E-state index in [1.165, 1.54) is 38.5 Å². The summed E-state index contributed by atoms with van der Waals surface area (Å²) in [5.74, 6) is 0.866. The van der Waals surface area contributed by atoms with E-state index in [4.69, 9.17) is 5.73 Å². The van der Waals surface area contributed by atoms with Crippen molar-refractivity contribution in [2.75, 3.05) is 6.61 Å². The van der Waals surface area contributed by atoms with Gasteiger partial charge in [-0.1, -0.05) is 32.1 Å². The van der Waals surface area contributed by atoms with Crippen molar-refractivity contribution in [3.63, 3.8) is 0 Å². The highest BCUT2D eigenvalue weighted by Gasteiger charge is 2.12. The normalized spacial score (nSPS) is 18.5. The molecule has 1 saturated carbocycles. The first-order valence-corrected chi connectivity index (χ1v) is 5.21. The van der Waals surface area contributed by atoms with Crippen molar-refractivity contribution in [3.8, 4) is 0 Å². The summed E-state index contributed by atoms with van der Waals surface area (Å²) in [6.45, 7) is 0.492. The molecule has 3 nitrogen and oxygen atoms in total. The van der Waals surface area contributed by atoms with Crippen LogP contribution in [0.15, 0.2) is 0 Å². The second kappa shape index (κ2) is 5.84. The zero-order valence-electron chi connectivity index (χ0n) is 8.13. The molecule has 13 heavy (non-hydrogen) atoms. The molecular weight excluding hydrogens is 166 g/mol. The van der Waals surface area contributed by atoms with Crippen molar-refractivity contribution in [2.45, 2.75) is 44.9 Å². The number of carbonyl (C=O) groups excluding carboxylic acids is 1. The Morgan fingerprint density at radius 2 is 2.00 bits per heavy atom. The Bertz CT molecular complexity index is 153. The third-order valence-corrected chi connectivity index (χ3v) is 2.73. The fourth-order valence-electron chi connectivity index (χ4n) is 2.02. The van der Waals surface area contributed by atoms with Gasteiger partial charge in [-0.15, -0.1) is 0 Å². The van der Waals surface area contributed by atoms with E-state index in [9.17, 15) is 4.79 Å². The topological polar surface area (TPSA) is 52.3 Å². The van der Waals surface area contributed by atoms with E-state index >= 15 is 0 Å². The molecule has 0 atom stereocenters. The van der Waals surface area contributed by atoms with Gasteiger partial charge in [0.05, 0.1) is 6.61 Å². The Labute approximate surface area is 79.6 Å². The first-order chi connectivity index (χ1) is 6.29. The SMILES string of the molecule is NC(=O)OCCCC1CCCCC1. The highest BCUT2D eigenvalue weighted by Crippen LogP contribution is 2.26. The summed E-state index contributed by atoms with van der Waals surface area (Å²) in [7, 11) is 0. The number of rotatable bonds is 4. The number of carbonyl (C=O) groups is 1. The van der Waals surface area contributed by atoms with Gasteiger partial charge < -0.3 is 10.5 Å². The molecule has 1 rings (SSSR count). The van der Waals surface area contributed by atoms with E-state index in [-0.39, 0.29) is 0 Å². The second-order valence-electron chi connectivity index (χ2n) is 3.81. The first-order valence-electron chi connectivity index (χ1n) is 5.21. The second-order valence-corrected chi connectivity index (χ2v) is 3.81. The van der Waals surface area contributed by atoms with E-state index in [2.05, 4.69) is 4.74 Å². The fourth-order valence-corrected chi connectivity index (χ4v) is 2.02. The third-order valence-electron chi connectivity index (χ3n) is 2.73. The Balaban J connectivity index is 1.95. The maximum absolute atomic E-state index is 10.3. The zero-order valence-corrected chi connectivity index (χ0v) is 8.13. The van der Waals surface area contributed by atoms with Gasteiger partial charge in [-0.3, -0.25) is 0 Å². The summed E-state index contributed by atoms with van der Waals surface area (Å²) in [5, 5.41) is 0. The molecule has 2 N–H and O–H groups in total. The van der Waals surface area contributed by atoms with Crippen LogP contribution in [0.5, 0.6) is 0 Å². The molecule has 76 valence electrons. The molecule has 0 aromatic rings. The number of amides is 1. The predicted molar refractivity (Wildman–Crippen MR) is 51.3 cm³/mol. The predicted octanol–water partition coefficient (Wildman–Crippen LogP) is 2.44. The van der Waals surface area contributed by atoms with Gasteiger partial charge in [-0.25, -0.2) is 4.79 Å². The van der Waals surface area contributed by atoms with Crippen molar-refractivity contribution < 1.29 is 9.53 Å². The Hall–Kier alpha value is -0.730. The van der Waals surface area contributed by atoms with E-state index in [0.29, 0.717) is 6.61 Å². The monoisotopic (exact) mass is 185 g/mol. The smallest absolute Gasteiger partial charge is 0.404 e. The summed E-state index contributed by atoms with van der Waals surface area (Å²) in [6.07, 6.45) is 8.37. The number of hydrogen-bond donors (Lipinski definition) is 1. The average Bonchev–Trinajstić information content (AvgIpc) is 2.14. The minimum absolute atomic E-state index is 0.492. The third kappa shape index (κ3) is 4.76. The number of nitrogens with two attached hydrogens (primary N) is 1. The van der Waals surface area contributed by atoms with E-state index < -0.39 is 6.09 Å².